The van der Waals surface area contributed by atoms with E-state index < -0.39 is 11.8 Å². The Kier molecular flexibility index (Phi) is 8.04. The molecule has 2 N–H and O–H groups in total. The molecule has 0 atom stereocenters. The molecule has 0 heterocycles. The standard InChI is InChI=1S/C17H26N2O3/c1-4-5-12-22-15-8-6-14(7-9-15)19-17(21)16(20)18-11-10-13(2)3/h6-9,13H,4-5,10-12H2,1-3H3,(H,18,20)(H,19,21). The third-order valence-electron chi connectivity index (χ3n) is 3.09. The van der Waals surface area contributed by atoms with Crippen LogP contribution in [0.25, 0.3) is 0 Å². The number of hydrogen-bond donors (Lipinski definition) is 2. The summed E-state index contributed by atoms with van der Waals surface area (Å²) >= 11 is 0. The van der Waals surface area contributed by atoms with Crippen LogP contribution in [-0.4, -0.2) is 25.0 Å². The smallest absolute Gasteiger partial charge is 0.313 e. The highest BCUT2D eigenvalue weighted by molar-refractivity contribution is 6.39. The van der Waals surface area contributed by atoms with Gasteiger partial charge < -0.3 is 15.4 Å². The number of unbranched alkanes of at least 4 members (excludes halogenated alkanes) is 1. The quantitative estimate of drug-likeness (QED) is 0.573. The van der Waals surface area contributed by atoms with Crippen LogP contribution in [0.15, 0.2) is 24.3 Å². The van der Waals surface area contributed by atoms with Crippen LogP contribution in [0, 0.1) is 5.92 Å². The zero-order valence-corrected chi connectivity index (χ0v) is 13.6. The van der Waals surface area contributed by atoms with Crippen molar-refractivity contribution in [3.63, 3.8) is 0 Å². The van der Waals surface area contributed by atoms with Gasteiger partial charge in [-0.25, -0.2) is 0 Å². The highest BCUT2D eigenvalue weighted by Gasteiger charge is 2.13. The molecule has 0 unspecified atom stereocenters. The SMILES string of the molecule is CCCCOc1ccc(NC(=O)C(=O)NCCC(C)C)cc1. The molecule has 0 bridgehead atoms. The zero-order valence-electron chi connectivity index (χ0n) is 13.6. The number of anilines is 1. The van der Waals surface area contributed by atoms with Gasteiger partial charge >= 0.3 is 11.8 Å². The number of carbonyl (C=O) groups is 2. The van der Waals surface area contributed by atoms with Gasteiger partial charge in [-0.2, -0.15) is 0 Å². The Labute approximate surface area is 132 Å². The molecule has 0 aliphatic carbocycles. The molecule has 5 heteroatoms. The first kappa shape index (κ1) is 18.0. The fourth-order valence-corrected chi connectivity index (χ4v) is 1.71. The van der Waals surface area contributed by atoms with Crippen LogP contribution in [0.2, 0.25) is 0 Å². The summed E-state index contributed by atoms with van der Waals surface area (Å²) in [7, 11) is 0. The maximum atomic E-state index is 11.7. The van der Waals surface area contributed by atoms with Gasteiger partial charge in [-0.1, -0.05) is 27.2 Å². The van der Waals surface area contributed by atoms with Crippen molar-refractivity contribution in [1.29, 1.82) is 0 Å². The molecule has 5 nitrogen and oxygen atoms in total. The Morgan fingerprint density at radius 2 is 1.82 bits per heavy atom. The van der Waals surface area contributed by atoms with Gasteiger partial charge in [-0.05, 0) is 43.0 Å². The van der Waals surface area contributed by atoms with E-state index in [2.05, 4.69) is 31.4 Å². The van der Waals surface area contributed by atoms with Crippen molar-refractivity contribution in [2.75, 3.05) is 18.5 Å². The summed E-state index contributed by atoms with van der Waals surface area (Å²) in [5.74, 6) is -0.0104. The molecule has 22 heavy (non-hydrogen) atoms. The van der Waals surface area contributed by atoms with Crippen molar-refractivity contribution in [1.82, 2.24) is 5.32 Å². The summed E-state index contributed by atoms with van der Waals surface area (Å²) in [6.45, 7) is 7.43. The second-order valence-corrected chi connectivity index (χ2v) is 5.62. The van der Waals surface area contributed by atoms with Crippen LogP contribution in [-0.2, 0) is 9.59 Å². The Bertz CT molecular complexity index is 469. The van der Waals surface area contributed by atoms with Crippen molar-refractivity contribution < 1.29 is 14.3 Å². The summed E-state index contributed by atoms with van der Waals surface area (Å²) in [4.78, 5) is 23.4. The van der Waals surface area contributed by atoms with Crippen molar-refractivity contribution in [2.45, 2.75) is 40.0 Å². The van der Waals surface area contributed by atoms with Gasteiger partial charge in [0.1, 0.15) is 5.75 Å². The predicted molar refractivity (Wildman–Crippen MR) is 87.9 cm³/mol. The van der Waals surface area contributed by atoms with Gasteiger partial charge in [0.05, 0.1) is 6.61 Å². The van der Waals surface area contributed by atoms with Gasteiger partial charge in [0.2, 0.25) is 0 Å². The number of carbonyl (C=O) groups excluding carboxylic acids is 2. The second-order valence-electron chi connectivity index (χ2n) is 5.62. The molecule has 0 fully saturated rings. The molecule has 1 aromatic carbocycles. The zero-order chi connectivity index (χ0) is 16.4. The Morgan fingerprint density at radius 1 is 1.14 bits per heavy atom. The van der Waals surface area contributed by atoms with Gasteiger partial charge in [0.15, 0.2) is 0 Å². The molecular formula is C17H26N2O3. The van der Waals surface area contributed by atoms with Crippen LogP contribution in [0.3, 0.4) is 0 Å². The van der Waals surface area contributed by atoms with E-state index in [1.807, 2.05) is 0 Å². The molecule has 2 amide bonds. The summed E-state index contributed by atoms with van der Waals surface area (Å²) in [6.07, 6.45) is 2.94. The van der Waals surface area contributed by atoms with Crippen LogP contribution in [0.5, 0.6) is 5.75 Å². The van der Waals surface area contributed by atoms with Crippen LogP contribution < -0.4 is 15.4 Å². The number of benzene rings is 1. The van der Waals surface area contributed by atoms with Gasteiger partial charge in [-0.3, -0.25) is 9.59 Å². The number of ether oxygens (including phenoxy) is 1. The van der Waals surface area contributed by atoms with Gasteiger partial charge in [0.25, 0.3) is 0 Å². The van der Waals surface area contributed by atoms with E-state index in [0.29, 0.717) is 24.8 Å². The summed E-state index contributed by atoms with van der Waals surface area (Å²) < 4.78 is 5.54. The molecule has 0 saturated carbocycles. The summed E-state index contributed by atoms with van der Waals surface area (Å²) in [6, 6.07) is 7.00. The number of nitrogens with one attached hydrogen (secondary N) is 2. The fourth-order valence-electron chi connectivity index (χ4n) is 1.71. The molecule has 0 aromatic heterocycles. The number of rotatable bonds is 8. The second kappa shape index (κ2) is 9.82. The van der Waals surface area contributed by atoms with Crippen LogP contribution in [0.1, 0.15) is 40.0 Å². The van der Waals surface area contributed by atoms with Crippen LogP contribution >= 0.6 is 0 Å². The van der Waals surface area contributed by atoms with Gasteiger partial charge in [0, 0.05) is 12.2 Å². The van der Waals surface area contributed by atoms with Crippen molar-refractivity contribution in [3.8, 4) is 5.75 Å². The fraction of sp³-hybridized carbons (Fsp3) is 0.529. The lowest BCUT2D eigenvalue weighted by Crippen LogP contribution is -2.36. The van der Waals surface area contributed by atoms with Gasteiger partial charge in [-0.15, -0.1) is 0 Å². The third-order valence-corrected chi connectivity index (χ3v) is 3.09. The molecule has 0 saturated heterocycles. The highest BCUT2D eigenvalue weighted by atomic mass is 16.5. The monoisotopic (exact) mass is 306 g/mol. The molecule has 0 spiro atoms. The largest absolute Gasteiger partial charge is 0.494 e. The highest BCUT2D eigenvalue weighted by Crippen LogP contribution is 2.16. The normalized spacial score (nSPS) is 10.4. The van der Waals surface area contributed by atoms with E-state index in [4.69, 9.17) is 4.74 Å². The Morgan fingerprint density at radius 3 is 2.41 bits per heavy atom. The first-order valence-electron chi connectivity index (χ1n) is 7.85. The van der Waals surface area contributed by atoms with E-state index in [0.717, 1.165) is 25.0 Å². The van der Waals surface area contributed by atoms with E-state index in [1.165, 1.54) is 0 Å². The minimum absolute atomic E-state index is 0.489. The Hall–Kier alpha value is -2.04. The molecule has 1 aromatic rings. The van der Waals surface area contributed by atoms with E-state index in [9.17, 15) is 9.59 Å². The minimum atomic E-state index is -0.650. The maximum absolute atomic E-state index is 11.7. The molecule has 0 aliphatic heterocycles. The average molecular weight is 306 g/mol. The molecule has 122 valence electrons. The van der Waals surface area contributed by atoms with E-state index >= 15 is 0 Å². The lowest BCUT2D eigenvalue weighted by Gasteiger charge is -2.09. The predicted octanol–water partition coefficient (Wildman–Crippen LogP) is 2.97. The maximum Gasteiger partial charge on any atom is 0.313 e. The molecule has 0 radical (unpaired) electrons. The Balaban J connectivity index is 2.39. The molecule has 0 aliphatic rings. The van der Waals surface area contributed by atoms with Crippen LogP contribution in [0.4, 0.5) is 5.69 Å². The van der Waals surface area contributed by atoms with E-state index in [1.54, 1.807) is 24.3 Å². The topological polar surface area (TPSA) is 67.4 Å². The molecule has 1 rings (SSSR count). The lowest BCUT2D eigenvalue weighted by molar-refractivity contribution is -0.136. The lowest BCUT2D eigenvalue weighted by atomic mass is 10.1. The first-order chi connectivity index (χ1) is 10.5. The summed E-state index contributed by atoms with van der Waals surface area (Å²) in [5, 5.41) is 5.17. The minimum Gasteiger partial charge on any atom is -0.494 e. The van der Waals surface area contributed by atoms with Crippen molar-refractivity contribution in [3.05, 3.63) is 24.3 Å². The summed E-state index contributed by atoms with van der Waals surface area (Å²) in [5.41, 5.74) is 0.576. The number of amides is 2. The number of hydrogen-bond acceptors (Lipinski definition) is 3. The van der Waals surface area contributed by atoms with Crippen molar-refractivity contribution >= 4 is 17.5 Å². The van der Waals surface area contributed by atoms with Crippen molar-refractivity contribution in [2.24, 2.45) is 5.92 Å². The first-order valence-corrected chi connectivity index (χ1v) is 7.85. The van der Waals surface area contributed by atoms with E-state index in [-0.39, 0.29) is 0 Å². The average Bonchev–Trinajstić information content (AvgIpc) is 2.48. The third kappa shape index (κ3) is 7.11. The molecular weight excluding hydrogens is 280 g/mol.